The standard InChI is InChI=1S/C7H13N3O2/c8-3-6(11)10-2-1-5(4-10)7(9)12/h5H,1-4,8H2,(H2,9,12). The van der Waals surface area contributed by atoms with Crippen molar-refractivity contribution in [2.24, 2.45) is 17.4 Å². The van der Waals surface area contributed by atoms with E-state index >= 15 is 0 Å². The van der Waals surface area contributed by atoms with Gasteiger partial charge in [0.25, 0.3) is 0 Å². The molecule has 0 saturated carbocycles. The Kier molecular flexibility index (Phi) is 2.65. The number of rotatable bonds is 2. The zero-order valence-electron chi connectivity index (χ0n) is 6.82. The molecule has 0 aromatic rings. The van der Waals surface area contributed by atoms with Crippen LogP contribution in [0.5, 0.6) is 0 Å². The van der Waals surface area contributed by atoms with Gasteiger partial charge in [-0.25, -0.2) is 0 Å². The maximum Gasteiger partial charge on any atom is 0.236 e. The van der Waals surface area contributed by atoms with Crippen LogP contribution >= 0.6 is 0 Å². The molecule has 1 atom stereocenters. The Balaban J connectivity index is 2.45. The Morgan fingerprint density at radius 3 is 2.58 bits per heavy atom. The normalized spacial score (nSPS) is 22.8. The lowest BCUT2D eigenvalue weighted by Crippen LogP contribution is -2.35. The lowest BCUT2D eigenvalue weighted by Gasteiger charge is -2.13. The van der Waals surface area contributed by atoms with Gasteiger partial charge in [0, 0.05) is 13.1 Å². The highest BCUT2D eigenvalue weighted by atomic mass is 16.2. The molecule has 1 heterocycles. The molecule has 0 radical (unpaired) electrons. The maximum atomic E-state index is 11.0. The van der Waals surface area contributed by atoms with Crippen LogP contribution in [-0.4, -0.2) is 36.3 Å². The monoisotopic (exact) mass is 171 g/mol. The van der Waals surface area contributed by atoms with Crippen molar-refractivity contribution in [3.63, 3.8) is 0 Å². The first-order valence-electron chi connectivity index (χ1n) is 3.92. The van der Waals surface area contributed by atoms with Gasteiger partial charge in [0.2, 0.25) is 11.8 Å². The number of nitrogens with two attached hydrogens (primary N) is 2. The van der Waals surface area contributed by atoms with E-state index in [0.717, 1.165) is 0 Å². The third-order valence-electron chi connectivity index (χ3n) is 2.12. The highest BCUT2D eigenvalue weighted by molar-refractivity contribution is 5.81. The minimum atomic E-state index is -0.331. The summed E-state index contributed by atoms with van der Waals surface area (Å²) >= 11 is 0. The van der Waals surface area contributed by atoms with Gasteiger partial charge in [-0.1, -0.05) is 0 Å². The maximum absolute atomic E-state index is 11.0. The highest BCUT2D eigenvalue weighted by Gasteiger charge is 2.28. The quantitative estimate of drug-likeness (QED) is 0.518. The molecule has 0 spiro atoms. The largest absolute Gasteiger partial charge is 0.369 e. The first kappa shape index (κ1) is 8.99. The molecule has 1 fully saturated rings. The molecule has 0 bridgehead atoms. The van der Waals surface area contributed by atoms with E-state index in [1.54, 1.807) is 4.90 Å². The van der Waals surface area contributed by atoms with Crippen LogP contribution < -0.4 is 11.5 Å². The summed E-state index contributed by atoms with van der Waals surface area (Å²) in [4.78, 5) is 23.3. The van der Waals surface area contributed by atoms with Crippen LogP contribution in [0.1, 0.15) is 6.42 Å². The van der Waals surface area contributed by atoms with E-state index in [4.69, 9.17) is 11.5 Å². The zero-order valence-corrected chi connectivity index (χ0v) is 6.82. The Morgan fingerprint density at radius 2 is 2.17 bits per heavy atom. The van der Waals surface area contributed by atoms with Crippen molar-refractivity contribution in [1.29, 1.82) is 0 Å². The van der Waals surface area contributed by atoms with Crippen molar-refractivity contribution >= 4 is 11.8 Å². The van der Waals surface area contributed by atoms with Crippen molar-refractivity contribution in [1.82, 2.24) is 4.90 Å². The van der Waals surface area contributed by atoms with Crippen LogP contribution in [0, 0.1) is 5.92 Å². The molecule has 1 unspecified atom stereocenters. The Morgan fingerprint density at radius 1 is 1.50 bits per heavy atom. The molecule has 1 rings (SSSR count). The third kappa shape index (κ3) is 1.73. The number of primary amides is 1. The van der Waals surface area contributed by atoms with Crippen LogP contribution in [0.25, 0.3) is 0 Å². The van der Waals surface area contributed by atoms with E-state index < -0.39 is 0 Å². The van der Waals surface area contributed by atoms with Crippen molar-refractivity contribution in [2.75, 3.05) is 19.6 Å². The van der Waals surface area contributed by atoms with Crippen molar-refractivity contribution in [3.8, 4) is 0 Å². The van der Waals surface area contributed by atoms with Gasteiger partial charge >= 0.3 is 0 Å². The van der Waals surface area contributed by atoms with Gasteiger partial charge in [-0.3, -0.25) is 9.59 Å². The fourth-order valence-electron chi connectivity index (χ4n) is 1.35. The molecule has 0 aliphatic carbocycles. The van der Waals surface area contributed by atoms with E-state index in [9.17, 15) is 9.59 Å². The van der Waals surface area contributed by atoms with Crippen molar-refractivity contribution in [2.45, 2.75) is 6.42 Å². The molecule has 1 aliphatic rings. The molecule has 5 heteroatoms. The second-order valence-corrected chi connectivity index (χ2v) is 2.93. The first-order valence-corrected chi connectivity index (χ1v) is 3.92. The van der Waals surface area contributed by atoms with Crippen molar-refractivity contribution in [3.05, 3.63) is 0 Å². The number of hydrogen-bond donors (Lipinski definition) is 2. The van der Waals surface area contributed by atoms with Crippen molar-refractivity contribution < 1.29 is 9.59 Å². The summed E-state index contributed by atoms with van der Waals surface area (Å²) in [5.74, 6) is -0.624. The van der Waals surface area contributed by atoms with Gasteiger partial charge < -0.3 is 16.4 Å². The van der Waals surface area contributed by atoms with E-state index in [0.29, 0.717) is 19.5 Å². The minimum Gasteiger partial charge on any atom is -0.369 e. The molecule has 4 N–H and O–H groups in total. The molecule has 1 saturated heterocycles. The second kappa shape index (κ2) is 3.53. The minimum absolute atomic E-state index is 0.00544. The number of carbonyl (C=O) groups is 2. The summed E-state index contributed by atoms with van der Waals surface area (Å²) < 4.78 is 0. The fraction of sp³-hybridized carbons (Fsp3) is 0.714. The molecular weight excluding hydrogens is 158 g/mol. The third-order valence-corrected chi connectivity index (χ3v) is 2.12. The van der Waals surface area contributed by atoms with E-state index in [1.165, 1.54) is 0 Å². The number of hydrogen-bond acceptors (Lipinski definition) is 3. The predicted molar refractivity (Wildman–Crippen MR) is 42.9 cm³/mol. The predicted octanol–water partition coefficient (Wildman–Crippen LogP) is -1.72. The first-order chi connectivity index (χ1) is 5.65. The Bertz CT molecular complexity index is 205. The van der Waals surface area contributed by atoms with Crippen LogP contribution in [0.4, 0.5) is 0 Å². The molecule has 5 nitrogen and oxygen atoms in total. The number of likely N-dealkylation sites (tertiary alicyclic amines) is 1. The van der Waals surface area contributed by atoms with Gasteiger partial charge in [-0.2, -0.15) is 0 Å². The summed E-state index contributed by atoms with van der Waals surface area (Å²) in [5, 5.41) is 0. The summed E-state index contributed by atoms with van der Waals surface area (Å²) in [6, 6.07) is 0. The van der Waals surface area contributed by atoms with Crippen LogP contribution in [0.3, 0.4) is 0 Å². The summed E-state index contributed by atoms with van der Waals surface area (Å²) in [6.07, 6.45) is 0.668. The van der Waals surface area contributed by atoms with Gasteiger partial charge in [0.15, 0.2) is 0 Å². The number of amides is 2. The molecule has 0 aromatic carbocycles. The molecule has 2 amide bonds. The molecule has 68 valence electrons. The van der Waals surface area contributed by atoms with Gasteiger partial charge in [0.05, 0.1) is 12.5 Å². The average molecular weight is 171 g/mol. The van der Waals surface area contributed by atoms with E-state index in [1.807, 2.05) is 0 Å². The Labute approximate surface area is 70.7 Å². The molecular formula is C7H13N3O2. The summed E-state index contributed by atoms with van der Waals surface area (Å²) in [5.41, 5.74) is 10.3. The lowest BCUT2D eigenvalue weighted by molar-refractivity contribution is -0.129. The zero-order chi connectivity index (χ0) is 9.14. The van der Waals surface area contributed by atoms with E-state index in [2.05, 4.69) is 0 Å². The van der Waals surface area contributed by atoms with Crippen LogP contribution in [0.15, 0.2) is 0 Å². The SMILES string of the molecule is NCC(=O)N1CCC(C(N)=O)C1. The van der Waals surface area contributed by atoms with Crippen LogP contribution in [0.2, 0.25) is 0 Å². The van der Waals surface area contributed by atoms with Gasteiger partial charge in [0.1, 0.15) is 0 Å². The smallest absolute Gasteiger partial charge is 0.236 e. The van der Waals surface area contributed by atoms with Gasteiger partial charge in [-0.15, -0.1) is 0 Å². The fourth-order valence-corrected chi connectivity index (χ4v) is 1.35. The topological polar surface area (TPSA) is 89.4 Å². The highest BCUT2D eigenvalue weighted by Crippen LogP contribution is 2.14. The number of carbonyl (C=O) groups excluding carboxylic acids is 2. The number of nitrogens with zero attached hydrogens (tertiary/aromatic N) is 1. The van der Waals surface area contributed by atoms with Gasteiger partial charge in [-0.05, 0) is 6.42 Å². The molecule has 12 heavy (non-hydrogen) atoms. The lowest BCUT2D eigenvalue weighted by atomic mass is 10.1. The molecule has 1 aliphatic heterocycles. The van der Waals surface area contributed by atoms with E-state index in [-0.39, 0.29) is 24.3 Å². The average Bonchev–Trinajstić information content (AvgIpc) is 2.51. The summed E-state index contributed by atoms with van der Waals surface area (Å²) in [7, 11) is 0. The Hall–Kier alpha value is -1.10. The second-order valence-electron chi connectivity index (χ2n) is 2.93. The summed E-state index contributed by atoms with van der Waals surface area (Å²) in [6.45, 7) is 1.04. The van der Waals surface area contributed by atoms with Crippen LogP contribution in [-0.2, 0) is 9.59 Å². The molecule has 0 aromatic heterocycles.